The van der Waals surface area contributed by atoms with Crippen molar-refractivity contribution in [2.75, 3.05) is 43.1 Å². The number of nitrogens with zero attached hydrogens (tertiary/aromatic N) is 6. The lowest BCUT2D eigenvalue weighted by molar-refractivity contribution is 0.0505. The number of methoxy groups -OCH3 is 1. The summed E-state index contributed by atoms with van der Waals surface area (Å²) < 4.78 is 4.92. The van der Waals surface area contributed by atoms with Gasteiger partial charge in [0.2, 0.25) is 0 Å². The summed E-state index contributed by atoms with van der Waals surface area (Å²) >= 11 is 6.05. The highest BCUT2D eigenvalue weighted by molar-refractivity contribution is 6.30. The standard InChI is InChI=1S/C30H35ClN6O3/c1-18-14-24(33-19(2)25(18)28(39)40-7)35-12-13-37(30(5,6)17-35)27(38)21-9-10-22-26(34-21)29(3,4)16-36(22)23-11-8-20(31)15-32-23/h8-11,14-15H,12-13,16-17H2,1-7H3. The van der Waals surface area contributed by atoms with Crippen molar-refractivity contribution in [3.63, 3.8) is 0 Å². The molecule has 0 aromatic carbocycles. The van der Waals surface area contributed by atoms with Crippen LogP contribution in [0.1, 0.15) is 65.5 Å². The van der Waals surface area contributed by atoms with Gasteiger partial charge in [-0.15, -0.1) is 0 Å². The van der Waals surface area contributed by atoms with Crippen LogP contribution in [-0.4, -0.2) is 70.6 Å². The van der Waals surface area contributed by atoms with Crippen molar-refractivity contribution in [3.05, 3.63) is 69.8 Å². The van der Waals surface area contributed by atoms with Gasteiger partial charge in [0.15, 0.2) is 0 Å². The number of ether oxygens (including phenoxy) is 1. The van der Waals surface area contributed by atoms with E-state index in [-0.39, 0.29) is 17.3 Å². The lowest BCUT2D eigenvalue weighted by Gasteiger charge is -2.47. The van der Waals surface area contributed by atoms with Crippen LogP contribution in [0.3, 0.4) is 0 Å². The van der Waals surface area contributed by atoms with Crippen LogP contribution in [-0.2, 0) is 10.2 Å². The van der Waals surface area contributed by atoms with E-state index in [9.17, 15) is 9.59 Å². The third-order valence-electron chi connectivity index (χ3n) is 7.81. The average molecular weight is 563 g/mol. The van der Waals surface area contributed by atoms with Gasteiger partial charge in [0, 0.05) is 37.8 Å². The molecule has 40 heavy (non-hydrogen) atoms. The highest BCUT2D eigenvalue weighted by Crippen LogP contribution is 2.43. The van der Waals surface area contributed by atoms with Crippen molar-refractivity contribution in [3.8, 4) is 0 Å². The van der Waals surface area contributed by atoms with Crippen molar-refractivity contribution in [1.82, 2.24) is 19.9 Å². The summed E-state index contributed by atoms with van der Waals surface area (Å²) in [6.45, 7) is 14.5. The van der Waals surface area contributed by atoms with Crippen LogP contribution in [0.5, 0.6) is 0 Å². The van der Waals surface area contributed by atoms with Crippen molar-refractivity contribution in [1.29, 1.82) is 0 Å². The molecular formula is C30H35ClN6O3. The number of amides is 1. The molecule has 2 aliphatic heterocycles. The SMILES string of the molecule is COC(=O)c1c(C)cc(N2CCN(C(=O)c3ccc4c(n3)C(C)(C)CN4c3ccc(Cl)cn3)C(C)(C)C2)nc1C. The van der Waals surface area contributed by atoms with Crippen LogP contribution in [0, 0.1) is 13.8 Å². The predicted molar refractivity (Wildman–Crippen MR) is 156 cm³/mol. The molecule has 0 unspecified atom stereocenters. The molecule has 5 rings (SSSR count). The number of esters is 1. The number of fused-ring (bicyclic) bond motifs is 1. The Hall–Kier alpha value is -3.72. The third kappa shape index (κ3) is 4.87. The monoisotopic (exact) mass is 562 g/mol. The summed E-state index contributed by atoms with van der Waals surface area (Å²) in [5.41, 5.74) is 3.47. The highest BCUT2D eigenvalue weighted by Gasteiger charge is 2.41. The van der Waals surface area contributed by atoms with Gasteiger partial charge in [0.25, 0.3) is 5.91 Å². The maximum absolute atomic E-state index is 13.9. The van der Waals surface area contributed by atoms with E-state index in [1.807, 2.05) is 49.1 Å². The van der Waals surface area contributed by atoms with Gasteiger partial charge in [-0.05, 0) is 63.6 Å². The van der Waals surface area contributed by atoms with Crippen molar-refractivity contribution in [2.24, 2.45) is 0 Å². The third-order valence-corrected chi connectivity index (χ3v) is 8.03. The summed E-state index contributed by atoms with van der Waals surface area (Å²) in [6.07, 6.45) is 1.64. The van der Waals surface area contributed by atoms with Crippen LogP contribution < -0.4 is 9.80 Å². The molecule has 3 aromatic heterocycles. The highest BCUT2D eigenvalue weighted by atomic mass is 35.5. The lowest BCUT2D eigenvalue weighted by Crippen LogP contribution is -2.61. The van der Waals surface area contributed by atoms with Crippen molar-refractivity contribution < 1.29 is 14.3 Å². The Morgan fingerprint density at radius 2 is 1.73 bits per heavy atom. The lowest BCUT2D eigenvalue weighted by atomic mass is 9.91. The maximum atomic E-state index is 13.9. The second-order valence-corrected chi connectivity index (χ2v) is 12.2. The smallest absolute Gasteiger partial charge is 0.339 e. The molecule has 10 heteroatoms. The molecule has 0 spiro atoms. The first-order valence-corrected chi connectivity index (χ1v) is 13.7. The quantitative estimate of drug-likeness (QED) is 0.406. The number of aromatic nitrogens is 3. The molecule has 1 fully saturated rings. The topological polar surface area (TPSA) is 91.8 Å². The molecule has 2 aliphatic rings. The normalized spacial score (nSPS) is 17.6. The van der Waals surface area contributed by atoms with E-state index in [1.165, 1.54) is 7.11 Å². The first kappa shape index (κ1) is 27.8. The zero-order valence-corrected chi connectivity index (χ0v) is 24.8. The summed E-state index contributed by atoms with van der Waals surface area (Å²) in [6, 6.07) is 9.43. The molecular weight excluding hydrogens is 528 g/mol. The Labute approximate surface area is 240 Å². The van der Waals surface area contributed by atoms with Gasteiger partial charge in [-0.25, -0.2) is 19.7 Å². The van der Waals surface area contributed by atoms with E-state index in [0.717, 1.165) is 28.6 Å². The number of aryl methyl sites for hydroxylation is 2. The van der Waals surface area contributed by atoms with Crippen LogP contribution in [0.2, 0.25) is 5.02 Å². The number of halogens is 1. The summed E-state index contributed by atoms with van der Waals surface area (Å²) in [5, 5.41) is 0.587. The molecule has 1 saturated heterocycles. The van der Waals surface area contributed by atoms with Crippen LogP contribution in [0.15, 0.2) is 36.5 Å². The molecule has 0 bridgehead atoms. The Morgan fingerprint density at radius 3 is 2.35 bits per heavy atom. The first-order valence-electron chi connectivity index (χ1n) is 13.4. The van der Waals surface area contributed by atoms with E-state index in [4.69, 9.17) is 26.3 Å². The number of hydrogen-bond donors (Lipinski definition) is 0. The first-order chi connectivity index (χ1) is 18.8. The average Bonchev–Trinajstić information content (AvgIpc) is 3.17. The second kappa shape index (κ2) is 10.0. The van der Waals surface area contributed by atoms with Crippen LogP contribution >= 0.6 is 11.6 Å². The van der Waals surface area contributed by atoms with E-state index < -0.39 is 5.54 Å². The fourth-order valence-corrected chi connectivity index (χ4v) is 5.94. The zero-order valence-electron chi connectivity index (χ0n) is 24.1. The van der Waals surface area contributed by atoms with Gasteiger partial charge in [-0.2, -0.15) is 0 Å². The van der Waals surface area contributed by atoms with Gasteiger partial charge >= 0.3 is 5.97 Å². The molecule has 0 radical (unpaired) electrons. The fourth-order valence-electron chi connectivity index (χ4n) is 5.82. The number of rotatable bonds is 4. The largest absolute Gasteiger partial charge is 0.465 e. The van der Waals surface area contributed by atoms with Crippen LogP contribution in [0.4, 0.5) is 17.3 Å². The zero-order chi connectivity index (χ0) is 29.0. The van der Waals surface area contributed by atoms with E-state index >= 15 is 0 Å². The molecule has 5 heterocycles. The molecule has 9 nitrogen and oxygen atoms in total. The number of hydrogen-bond acceptors (Lipinski definition) is 8. The van der Waals surface area contributed by atoms with Gasteiger partial charge in [0.1, 0.15) is 17.3 Å². The van der Waals surface area contributed by atoms with Gasteiger partial charge in [-0.3, -0.25) is 4.79 Å². The molecule has 0 saturated carbocycles. The number of piperazine rings is 1. The number of carbonyl (C=O) groups excluding carboxylic acids is 2. The molecule has 210 valence electrons. The van der Waals surface area contributed by atoms with Crippen LogP contribution in [0.25, 0.3) is 0 Å². The van der Waals surface area contributed by atoms with Gasteiger partial charge in [0.05, 0.1) is 40.3 Å². The Morgan fingerprint density at radius 1 is 0.975 bits per heavy atom. The van der Waals surface area contributed by atoms with E-state index in [0.29, 0.717) is 48.2 Å². The van der Waals surface area contributed by atoms with Gasteiger partial charge < -0.3 is 19.4 Å². The summed E-state index contributed by atoms with van der Waals surface area (Å²) in [7, 11) is 1.37. The number of anilines is 3. The molecule has 0 N–H and O–H groups in total. The summed E-state index contributed by atoms with van der Waals surface area (Å²) in [4.78, 5) is 46.3. The molecule has 0 aliphatic carbocycles. The minimum Gasteiger partial charge on any atom is -0.465 e. The minimum atomic E-state index is -0.477. The Kier molecular flexibility index (Phi) is 6.98. The molecule has 0 atom stereocenters. The Bertz CT molecular complexity index is 1460. The fraction of sp³-hybridized carbons (Fsp3) is 0.433. The number of carbonyl (C=O) groups is 2. The molecule has 3 aromatic rings. The van der Waals surface area contributed by atoms with Gasteiger partial charge in [-0.1, -0.05) is 25.4 Å². The summed E-state index contributed by atoms with van der Waals surface area (Å²) in [5.74, 6) is 1.11. The minimum absolute atomic E-state index is 0.0901. The van der Waals surface area contributed by atoms with Crippen molar-refractivity contribution in [2.45, 2.75) is 52.5 Å². The molecule has 1 amide bonds. The maximum Gasteiger partial charge on any atom is 0.339 e. The Balaban J connectivity index is 1.38. The van der Waals surface area contributed by atoms with E-state index in [1.54, 1.807) is 6.20 Å². The second-order valence-electron chi connectivity index (χ2n) is 11.8. The number of pyridine rings is 3. The van der Waals surface area contributed by atoms with Crippen molar-refractivity contribution >= 4 is 40.8 Å². The predicted octanol–water partition coefficient (Wildman–Crippen LogP) is 5.10. The van der Waals surface area contributed by atoms with E-state index in [2.05, 4.69) is 42.5 Å².